The van der Waals surface area contributed by atoms with Crippen molar-refractivity contribution in [1.82, 2.24) is 19.6 Å². The smallest absolute Gasteiger partial charge is 0.385 e. The standard InChI is InChI=1S/C41H46F3N9O6S3/c1-9-52(21-20-45-62(8,56)57)31-18-19-33(32(24-31)41(42,43)44)46-36-37(40(5,6)7)48-53-39(36)47-38(49-53)28-13-16-29(17-14-28)50-60(54)59-35-23-30(15-12-27(35)4)51-61(55)58-34-22-25(2)10-11-26(34)3/h10-19,22-24,45,50-51H,9,20-21H2,1-8H3. The molecule has 2 unspecified atom stereocenters. The van der Waals surface area contributed by atoms with Crippen molar-refractivity contribution in [1.29, 1.82) is 0 Å². The number of fused-ring (bicyclic) bond motifs is 1. The zero-order valence-electron chi connectivity index (χ0n) is 35.1. The van der Waals surface area contributed by atoms with Crippen LogP contribution in [0.3, 0.4) is 0 Å². The molecule has 15 nitrogen and oxygen atoms in total. The molecule has 6 rings (SSSR count). The van der Waals surface area contributed by atoms with Gasteiger partial charge in [0.15, 0.2) is 5.82 Å². The molecular weight excluding hydrogens is 868 g/mol. The first-order chi connectivity index (χ1) is 29.1. The summed E-state index contributed by atoms with van der Waals surface area (Å²) in [6, 6.07) is 20.9. The Morgan fingerprint density at radius 3 is 2.06 bits per heavy atom. The molecule has 0 amide bonds. The molecule has 0 radical (unpaired) electrons. The topological polar surface area (TPSA) is 182 Å². The van der Waals surface area contributed by atoms with Crippen LogP contribution >= 0.6 is 0 Å². The van der Waals surface area contributed by atoms with E-state index in [0.29, 0.717) is 40.5 Å². The van der Waals surface area contributed by atoms with Gasteiger partial charge in [-0.1, -0.05) is 39.0 Å². The number of nitrogens with one attached hydrogen (secondary N) is 3. The third-order valence-corrected chi connectivity index (χ3v) is 11.5. The number of halogens is 3. The summed E-state index contributed by atoms with van der Waals surface area (Å²) in [4.78, 5) is 12.0. The van der Waals surface area contributed by atoms with Crippen LogP contribution in [-0.4, -0.2) is 69.0 Å². The summed E-state index contributed by atoms with van der Waals surface area (Å²) in [6.45, 7) is 13.3. The molecule has 4 aromatic carbocycles. The van der Waals surface area contributed by atoms with E-state index in [-0.39, 0.29) is 47.6 Å². The number of hydrogen-bond acceptors (Lipinski definition) is 11. The lowest BCUT2D eigenvalue weighted by molar-refractivity contribution is -0.137. The van der Waals surface area contributed by atoms with Crippen LogP contribution in [-0.2, 0) is 38.7 Å². The van der Waals surface area contributed by atoms with Crippen LogP contribution in [0.4, 0.5) is 35.9 Å². The minimum absolute atomic E-state index is 0.0138. The summed E-state index contributed by atoms with van der Waals surface area (Å²) < 4.78 is 112. The highest BCUT2D eigenvalue weighted by Crippen LogP contribution is 2.40. The molecule has 2 heterocycles. The average Bonchev–Trinajstić information content (AvgIpc) is 3.75. The first kappa shape index (κ1) is 45.9. The van der Waals surface area contributed by atoms with Crippen LogP contribution in [0.15, 0.2) is 89.0 Å². The SMILES string of the molecule is CCN(CCNS(C)(=O)=O)c1ccc(N=C2C(C(C)(C)C)=Nn3nc(-c4ccc(NS(=O)Oc5cc(NS(=O)Oc6cc(C)ccc6C)ccc5C)cc4)nc32)c(C(F)(F)F)c1. The van der Waals surface area contributed by atoms with Crippen molar-refractivity contribution in [3.05, 3.63) is 107 Å². The fourth-order valence-electron chi connectivity index (χ4n) is 6.14. The van der Waals surface area contributed by atoms with Gasteiger partial charge in [0.1, 0.15) is 17.2 Å². The number of nitrogens with zero attached hydrogens (tertiary/aromatic N) is 6. The molecule has 0 spiro atoms. The number of likely N-dealkylation sites (N-methyl/N-ethyl adjacent to an activating group) is 1. The molecule has 5 aromatic rings. The summed E-state index contributed by atoms with van der Waals surface area (Å²) in [7, 11) is -3.48. The monoisotopic (exact) mass is 913 g/mol. The molecule has 3 N–H and O–H groups in total. The number of benzene rings is 4. The van der Waals surface area contributed by atoms with Crippen molar-refractivity contribution in [3.63, 3.8) is 0 Å². The van der Waals surface area contributed by atoms with E-state index >= 15 is 0 Å². The normalized spacial score (nSPS) is 14.6. The molecule has 0 aliphatic carbocycles. The molecule has 2 atom stereocenters. The Kier molecular flexibility index (Phi) is 13.6. The Morgan fingerprint density at radius 2 is 1.45 bits per heavy atom. The summed E-state index contributed by atoms with van der Waals surface area (Å²) in [6.07, 6.45) is -3.77. The number of aromatic nitrogens is 3. The van der Waals surface area contributed by atoms with Gasteiger partial charge in [0.2, 0.25) is 15.8 Å². The van der Waals surface area contributed by atoms with Crippen molar-refractivity contribution in [3.8, 4) is 22.9 Å². The Hall–Kier alpha value is -5.64. The number of rotatable bonds is 16. The van der Waals surface area contributed by atoms with Crippen LogP contribution in [0.25, 0.3) is 11.4 Å². The summed E-state index contributed by atoms with van der Waals surface area (Å²) >= 11 is -3.97. The van der Waals surface area contributed by atoms with Gasteiger partial charge in [0.05, 0.1) is 28.9 Å². The molecule has 330 valence electrons. The van der Waals surface area contributed by atoms with Gasteiger partial charge in [-0.25, -0.2) is 23.1 Å². The summed E-state index contributed by atoms with van der Waals surface area (Å²) in [5.41, 5.74) is 2.61. The van der Waals surface area contributed by atoms with Crippen LogP contribution < -0.4 is 27.4 Å². The van der Waals surface area contributed by atoms with Gasteiger partial charge in [-0.05, 0) is 99.0 Å². The Morgan fingerprint density at radius 1 is 0.839 bits per heavy atom. The predicted molar refractivity (Wildman–Crippen MR) is 238 cm³/mol. The van der Waals surface area contributed by atoms with Gasteiger partial charge >= 0.3 is 28.7 Å². The van der Waals surface area contributed by atoms with E-state index in [1.54, 1.807) is 67.3 Å². The number of hydrogen-bond donors (Lipinski definition) is 3. The first-order valence-electron chi connectivity index (χ1n) is 19.2. The van der Waals surface area contributed by atoms with Crippen molar-refractivity contribution in [2.75, 3.05) is 40.2 Å². The van der Waals surface area contributed by atoms with Gasteiger partial charge in [0.25, 0.3) is 0 Å². The molecule has 1 aliphatic rings. The van der Waals surface area contributed by atoms with E-state index in [0.717, 1.165) is 23.4 Å². The van der Waals surface area contributed by atoms with Gasteiger partial charge in [0, 0.05) is 48.1 Å². The second-order valence-corrected chi connectivity index (χ2v) is 18.9. The first-order valence-corrected chi connectivity index (χ1v) is 23.2. The molecular formula is C41H46F3N9O6S3. The van der Waals surface area contributed by atoms with Crippen molar-refractivity contribution >= 4 is 66.7 Å². The fraction of sp³-hybridized carbons (Fsp3) is 0.317. The minimum Gasteiger partial charge on any atom is -0.385 e. The lowest BCUT2D eigenvalue weighted by Gasteiger charge is -2.25. The Labute approximate surface area is 363 Å². The summed E-state index contributed by atoms with van der Waals surface area (Å²) in [5.74, 6) is 1.12. The molecule has 0 fully saturated rings. The van der Waals surface area contributed by atoms with E-state index in [1.807, 2.05) is 46.8 Å². The average molecular weight is 914 g/mol. The highest BCUT2D eigenvalue weighted by Gasteiger charge is 2.38. The van der Waals surface area contributed by atoms with Gasteiger partial charge in [-0.2, -0.15) is 26.7 Å². The fourth-order valence-corrected chi connectivity index (χ4v) is 8.02. The largest absolute Gasteiger partial charge is 0.418 e. The van der Waals surface area contributed by atoms with Gasteiger partial charge in [-0.3, -0.25) is 9.44 Å². The quantitative estimate of drug-likeness (QED) is 0.0891. The van der Waals surface area contributed by atoms with E-state index < -0.39 is 49.7 Å². The number of alkyl halides is 3. The van der Waals surface area contributed by atoms with Crippen LogP contribution in [0, 0.1) is 26.2 Å². The number of anilines is 3. The van der Waals surface area contributed by atoms with Gasteiger partial charge < -0.3 is 13.3 Å². The zero-order chi connectivity index (χ0) is 45.1. The maximum absolute atomic E-state index is 14.6. The number of aryl methyl sites for hydroxylation is 3. The van der Waals surface area contributed by atoms with E-state index in [2.05, 4.69) is 34.3 Å². The zero-order valence-corrected chi connectivity index (χ0v) is 37.6. The van der Waals surface area contributed by atoms with E-state index in [4.69, 9.17) is 8.37 Å². The molecule has 0 saturated carbocycles. The lowest BCUT2D eigenvalue weighted by atomic mass is 9.87. The maximum atomic E-state index is 14.6. The van der Waals surface area contributed by atoms with E-state index in [1.165, 1.54) is 16.9 Å². The molecule has 0 saturated heterocycles. The number of aliphatic imine (C=N–C) groups is 1. The molecule has 62 heavy (non-hydrogen) atoms. The van der Waals surface area contributed by atoms with Crippen LogP contribution in [0.1, 0.15) is 55.8 Å². The highest BCUT2D eigenvalue weighted by atomic mass is 32.2. The maximum Gasteiger partial charge on any atom is 0.418 e. The second-order valence-electron chi connectivity index (χ2n) is 15.4. The third kappa shape index (κ3) is 11.4. The van der Waals surface area contributed by atoms with Crippen LogP contribution in [0.5, 0.6) is 11.5 Å². The van der Waals surface area contributed by atoms with E-state index in [9.17, 15) is 30.0 Å². The molecule has 21 heteroatoms. The van der Waals surface area contributed by atoms with Gasteiger partial charge in [-0.15, -0.1) is 9.89 Å². The third-order valence-electron chi connectivity index (χ3n) is 9.35. The number of sulfonamides is 1. The second kappa shape index (κ2) is 18.4. The Bertz CT molecular complexity index is 2700. The van der Waals surface area contributed by atoms with Crippen LogP contribution in [0.2, 0.25) is 0 Å². The highest BCUT2D eigenvalue weighted by molar-refractivity contribution is 7.88. The van der Waals surface area contributed by atoms with Crippen molar-refractivity contribution in [2.24, 2.45) is 15.5 Å². The molecule has 1 aromatic heterocycles. The lowest BCUT2D eigenvalue weighted by Crippen LogP contribution is -2.34. The van der Waals surface area contributed by atoms with Crippen molar-refractivity contribution < 1.29 is 38.4 Å². The molecule has 0 bridgehead atoms. The van der Waals surface area contributed by atoms with Crippen molar-refractivity contribution in [2.45, 2.75) is 54.6 Å². The molecule has 1 aliphatic heterocycles. The predicted octanol–water partition coefficient (Wildman–Crippen LogP) is 7.79. The minimum atomic E-state index is -4.78. The Balaban J connectivity index is 1.18. The summed E-state index contributed by atoms with van der Waals surface area (Å²) in [5, 5.41) is 9.10.